The summed E-state index contributed by atoms with van der Waals surface area (Å²) in [5, 5.41) is 2.36. The SMILES string of the molecule is C[n+]1[c-]n(-c2cccc(Oc3ccc4c5ccccc5n(-c5cc(C(C)(C)C)ccn5)c4c3)c2)cc1. The molecule has 0 bridgehead atoms. The van der Waals surface area contributed by atoms with Gasteiger partial charge in [0.05, 0.1) is 23.8 Å². The first-order valence-corrected chi connectivity index (χ1v) is 12.1. The summed E-state index contributed by atoms with van der Waals surface area (Å²) in [6.07, 6.45) is 9.07. The summed E-state index contributed by atoms with van der Waals surface area (Å²) in [6.45, 7) is 6.68. The first kappa shape index (κ1) is 22.1. The van der Waals surface area contributed by atoms with Crippen molar-refractivity contribution in [3.8, 4) is 23.0 Å². The quantitative estimate of drug-likeness (QED) is 0.212. The molecule has 36 heavy (non-hydrogen) atoms. The monoisotopic (exact) mass is 472 g/mol. The second-order valence-corrected chi connectivity index (χ2v) is 10.2. The Morgan fingerprint density at radius 2 is 1.64 bits per heavy atom. The molecule has 0 aliphatic heterocycles. The number of nitrogens with zero attached hydrogens (tertiary/aromatic N) is 4. The number of imidazole rings is 1. The number of pyridine rings is 1. The van der Waals surface area contributed by atoms with Gasteiger partial charge in [-0.25, -0.2) is 4.98 Å². The third-order valence-corrected chi connectivity index (χ3v) is 6.52. The lowest BCUT2D eigenvalue weighted by atomic mass is 9.88. The van der Waals surface area contributed by atoms with Crippen molar-refractivity contribution in [2.75, 3.05) is 0 Å². The summed E-state index contributed by atoms with van der Waals surface area (Å²) in [7, 11) is 1.96. The zero-order valence-corrected chi connectivity index (χ0v) is 20.9. The van der Waals surface area contributed by atoms with E-state index >= 15 is 0 Å². The van der Waals surface area contributed by atoms with E-state index in [9.17, 15) is 0 Å². The summed E-state index contributed by atoms with van der Waals surface area (Å²) in [6, 6.07) is 27.1. The minimum absolute atomic E-state index is 0.0317. The number of para-hydroxylation sites is 1. The number of aryl methyl sites for hydroxylation is 1. The number of hydrogen-bond acceptors (Lipinski definition) is 2. The molecule has 5 heteroatoms. The van der Waals surface area contributed by atoms with Crippen LogP contribution in [0.4, 0.5) is 0 Å². The van der Waals surface area contributed by atoms with Crippen LogP contribution in [0.5, 0.6) is 11.5 Å². The van der Waals surface area contributed by atoms with E-state index in [2.05, 4.69) is 80.2 Å². The number of hydrogen-bond donors (Lipinski definition) is 0. The fraction of sp³-hybridized carbons (Fsp3) is 0.161. The van der Waals surface area contributed by atoms with Gasteiger partial charge in [0.25, 0.3) is 0 Å². The minimum atomic E-state index is 0.0317. The summed E-state index contributed by atoms with van der Waals surface area (Å²) >= 11 is 0. The van der Waals surface area contributed by atoms with Gasteiger partial charge in [-0.1, -0.05) is 51.1 Å². The molecule has 3 aromatic carbocycles. The first-order chi connectivity index (χ1) is 17.4. The molecule has 0 aliphatic rings. The van der Waals surface area contributed by atoms with Crippen LogP contribution in [0.25, 0.3) is 33.3 Å². The van der Waals surface area contributed by atoms with Crippen LogP contribution in [0.1, 0.15) is 26.3 Å². The van der Waals surface area contributed by atoms with Gasteiger partial charge in [-0.2, -0.15) is 0 Å². The smallest absolute Gasteiger partial charge is 0.243 e. The lowest BCUT2D eigenvalue weighted by Gasteiger charge is -2.20. The minimum Gasteiger partial charge on any atom is -0.458 e. The lowest BCUT2D eigenvalue weighted by Crippen LogP contribution is -2.24. The van der Waals surface area contributed by atoms with Gasteiger partial charge in [0, 0.05) is 35.4 Å². The lowest BCUT2D eigenvalue weighted by molar-refractivity contribution is -0.674. The molecule has 0 saturated heterocycles. The van der Waals surface area contributed by atoms with Crippen molar-refractivity contribution in [3.05, 3.63) is 109 Å². The number of aromatic nitrogens is 4. The maximum absolute atomic E-state index is 6.35. The molecule has 0 N–H and O–H groups in total. The van der Waals surface area contributed by atoms with Crippen LogP contribution >= 0.6 is 0 Å². The molecule has 6 rings (SSSR count). The maximum atomic E-state index is 6.35. The molecular formula is C31H28N4O. The zero-order chi connectivity index (χ0) is 24.9. The van der Waals surface area contributed by atoms with Crippen LogP contribution in [0.3, 0.4) is 0 Å². The standard InChI is InChI=1S/C31H28N4O/c1-31(2,3)22-14-15-32-30(18-22)35-28-11-6-5-10-26(28)27-13-12-25(20-29(27)35)36-24-9-7-8-23(19-24)34-17-16-33(4)21-34/h5-20H,1-4H3. The second-order valence-electron chi connectivity index (χ2n) is 10.2. The molecular weight excluding hydrogens is 444 g/mol. The van der Waals surface area contributed by atoms with Gasteiger partial charge in [0.2, 0.25) is 6.33 Å². The predicted octanol–water partition coefficient (Wildman–Crippen LogP) is 6.68. The van der Waals surface area contributed by atoms with E-state index in [-0.39, 0.29) is 5.41 Å². The van der Waals surface area contributed by atoms with Crippen molar-refractivity contribution in [1.82, 2.24) is 14.1 Å². The Kier molecular flexibility index (Phi) is 5.15. The van der Waals surface area contributed by atoms with Crippen molar-refractivity contribution in [1.29, 1.82) is 0 Å². The normalized spacial score (nSPS) is 11.9. The maximum Gasteiger partial charge on any atom is 0.243 e. The van der Waals surface area contributed by atoms with E-state index < -0.39 is 0 Å². The Hall–Kier alpha value is -4.38. The molecule has 0 aliphatic carbocycles. The van der Waals surface area contributed by atoms with Crippen LogP contribution in [0, 0.1) is 6.33 Å². The third-order valence-electron chi connectivity index (χ3n) is 6.52. The van der Waals surface area contributed by atoms with Gasteiger partial charge in [-0.15, -0.1) is 0 Å². The largest absolute Gasteiger partial charge is 0.458 e. The molecule has 0 unspecified atom stereocenters. The molecule has 5 nitrogen and oxygen atoms in total. The molecule has 178 valence electrons. The molecule has 0 saturated carbocycles. The fourth-order valence-corrected chi connectivity index (χ4v) is 4.65. The molecule has 6 aromatic rings. The summed E-state index contributed by atoms with van der Waals surface area (Å²) < 4.78 is 12.4. The Balaban J connectivity index is 1.47. The summed E-state index contributed by atoms with van der Waals surface area (Å²) in [5.41, 5.74) is 4.46. The molecule has 0 amide bonds. The van der Waals surface area contributed by atoms with Crippen LogP contribution in [0.2, 0.25) is 0 Å². The van der Waals surface area contributed by atoms with Gasteiger partial charge < -0.3 is 13.9 Å². The van der Waals surface area contributed by atoms with Gasteiger partial charge in [0.1, 0.15) is 17.3 Å². The van der Waals surface area contributed by atoms with Gasteiger partial charge in [-0.05, 0) is 53.4 Å². The number of ether oxygens (including phenoxy) is 1. The van der Waals surface area contributed by atoms with Gasteiger partial charge in [-0.3, -0.25) is 4.57 Å². The highest BCUT2D eigenvalue weighted by atomic mass is 16.5. The number of rotatable bonds is 4. The Morgan fingerprint density at radius 1 is 0.833 bits per heavy atom. The molecule has 0 spiro atoms. The molecule has 3 aromatic heterocycles. The van der Waals surface area contributed by atoms with Crippen molar-refractivity contribution in [2.45, 2.75) is 26.2 Å². The van der Waals surface area contributed by atoms with E-state index in [1.165, 1.54) is 16.3 Å². The highest BCUT2D eigenvalue weighted by Crippen LogP contribution is 2.35. The van der Waals surface area contributed by atoms with Crippen molar-refractivity contribution in [3.63, 3.8) is 0 Å². The van der Waals surface area contributed by atoms with E-state index in [1.54, 1.807) is 0 Å². The zero-order valence-electron chi connectivity index (χ0n) is 20.9. The average Bonchev–Trinajstić information content (AvgIpc) is 3.45. The second kappa shape index (κ2) is 8.38. The molecule has 0 atom stereocenters. The molecule has 0 radical (unpaired) electrons. The van der Waals surface area contributed by atoms with E-state index in [4.69, 9.17) is 9.72 Å². The molecule has 0 fully saturated rings. The van der Waals surface area contributed by atoms with Crippen molar-refractivity contribution >= 4 is 21.8 Å². The summed E-state index contributed by atoms with van der Waals surface area (Å²) in [5.74, 6) is 2.45. The number of benzene rings is 3. The third kappa shape index (κ3) is 3.93. The highest BCUT2D eigenvalue weighted by molar-refractivity contribution is 6.09. The Labute approximate surface area is 210 Å². The van der Waals surface area contributed by atoms with E-state index in [1.807, 2.05) is 65.1 Å². The molecule has 3 heterocycles. The van der Waals surface area contributed by atoms with Crippen LogP contribution in [-0.2, 0) is 12.5 Å². The van der Waals surface area contributed by atoms with Crippen LogP contribution < -0.4 is 9.30 Å². The van der Waals surface area contributed by atoms with Gasteiger partial charge >= 0.3 is 0 Å². The predicted molar refractivity (Wildman–Crippen MR) is 143 cm³/mol. The van der Waals surface area contributed by atoms with Gasteiger partial charge in [0.15, 0.2) is 0 Å². The first-order valence-electron chi connectivity index (χ1n) is 12.1. The Bertz CT molecular complexity index is 1720. The fourth-order valence-electron chi connectivity index (χ4n) is 4.65. The number of fused-ring (bicyclic) bond motifs is 3. The highest BCUT2D eigenvalue weighted by Gasteiger charge is 2.18. The van der Waals surface area contributed by atoms with Crippen LogP contribution in [0.15, 0.2) is 97.5 Å². The summed E-state index contributed by atoms with van der Waals surface area (Å²) in [4.78, 5) is 4.77. The average molecular weight is 473 g/mol. The topological polar surface area (TPSA) is 35.9 Å². The van der Waals surface area contributed by atoms with Crippen LogP contribution in [-0.4, -0.2) is 14.1 Å². The van der Waals surface area contributed by atoms with Crippen molar-refractivity contribution < 1.29 is 9.30 Å². The van der Waals surface area contributed by atoms with E-state index in [0.717, 1.165) is 34.0 Å². The van der Waals surface area contributed by atoms with E-state index in [0.29, 0.717) is 0 Å². The van der Waals surface area contributed by atoms with Crippen molar-refractivity contribution in [2.24, 2.45) is 7.05 Å². The Morgan fingerprint density at radius 3 is 2.44 bits per heavy atom.